The molecular weight excluding hydrogens is 426 g/mol. The van der Waals surface area contributed by atoms with E-state index in [1.807, 2.05) is 12.1 Å². The molecule has 1 aliphatic carbocycles. The van der Waals surface area contributed by atoms with Gasteiger partial charge in [0.25, 0.3) is 0 Å². The Morgan fingerprint density at radius 2 is 1.79 bits per heavy atom. The molecule has 8 heteroatoms. The maximum absolute atomic E-state index is 13.0. The van der Waals surface area contributed by atoms with Crippen LogP contribution in [0.15, 0.2) is 34.9 Å². The van der Waals surface area contributed by atoms with Crippen molar-refractivity contribution in [3.8, 4) is 0 Å². The molecule has 1 heterocycles. The van der Waals surface area contributed by atoms with Crippen LogP contribution in [-0.2, 0) is 16.6 Å². The van der Waals surface area contributed by atoms with Gasteiger partial charge in [-0.25, -0.2) is 4.79 Å². The summed E-state index contributed by atoms with van der Waals surface area (Å²) in [5.74, 6) is -1.74. The number of Topliss-reactive ketones (excluding diaryl/α,β-unsaturated/α-hetero) is 1. The van der Waals surface area contributed by atoms with Crippen molar-refractivity contribution in [3.05, 3.63) is 46.2 Å². The first-order valence-corrected chi connectivity index (χ1v) is 9.92. The second kappa shape index (κ2) is 8.68. The van der Waals surface area contributed by atoms with Crippen molar-refractivity contribution in [2.24, 2.45) is 18.9 Å². The van der Waals surface area contributed by atoms with Gasteiger partial charge in [0.15, 0.2) is 11.5 Å². The van der Waals surface area contributed by atoms with Gasteiger partial charge in [-0.1, -0.05) is 40.9 Å². The number of aromatic nitrogens is 2. The number of methoxy groups -OCH3 is 1. The lowest BCUT2D eigenvalue weighted by Gasteiger charge is -2.29. The third kappa shape index (κ3) is 4.32. The number of amides is 1. The van der Waals surface area contributed by atoms with E-state index in [2.05, 4.69) is 26.3 Å². The number of carbonyl (C=O) groups excluding carboxylic acids is 3. The summed E-state index contributed by atoms with van der Waals surface area (Å²) in [5, 5.41) is 6.82. The van der Waals surface area contributed by atoms with Crippen molar-refractivity contribution in [3.63, 3.8) is 0 Å². The molecule has 1 amide bonds. The fourth-order valence-corrected chi connectivity index (χ4v) is 3.90. The van der Waals surface area contributed by atoms with E-state index in [1.54, 1.807) is 25.4 Å². The Labute approximate surface area is 171 Å². The predicted molar refractivity (Wildman–Crippen MR) is 107 cm³/mol. The maximum atomic E-state index is 13.0. The van der Waals surface area contributed by atoms with Crippen molar-refractivity contribution in [1.29, 1.82) is 0 Å². The zero-order valence-electron chi connectivity index (χ0n) is 15.8. The molecule has 1 aromatic heterocycles. The molecule has 3 rings (SSSR count). The maximum Gasteiger partial charge on any atom is 0.360 e. The van der Waals surface area contributed by atoms with Crippen molar-refractivity contribution in [2.75, 3.05) is 12.4 Å². The smallest absolute Gasteiger partial charge is 0.360 e. The zero-order valence-corrected chi connectivity index (χ0v) is 17.4. The van der Waals surface area contributed by atoms with Gasteiger partial charge in [0.05, 0.1) is 12.8 Å². The molecule has 2 aromatic rings. The van der Waals surface area contributed by atoms with E-state index in [0.717, 1.165) is 17.3 Å². The van der Waals surface area contributed by atoms with Gasteiger partial charge in [-0.3, -0.25) is 14.3 Å². The largest absolute Gasteiger partial charge is 0.464 e. The second-order valence-corrected chi connectivity index (χ2v) is 7.83. The molecule has 1 aliphatic rings. The van der Waals surface area contributed by atoms with Crippen LogP contribution in [0, 0.1) is 11.8 Å². The van der Waals surface area contributed by atoms with Crippen molar-refractivity contribution >= 4 is 39.3 Å². The fraction of sp³-hybridized carbons (Fsp3) is 0.400. The lowest BCUT2D eigenvalue weighted by molar-refractivity contribution is -0.121. The van der Waals surface area contributed by atoms with Crippen LogP contribution < -0.4 is 5.32 Å². The molecule has 2 atom stereocenters. The Bertz CT molecular complexity index is 891. The Balaban J connectivity index is 1.80. The summed E-state index contributed by atoms with van der Waals surface area (Å²) in [5.41, 5.74) is 0.939. The molecule has 0 saturated heterocycles. The minimum atomic E-state index is -0.623. The van der Waals surface area contributed by atoms with E-state index >= 15 is 0 Å². The van der Waals surface area contributed by atoms with Gasteiger partial charge < -0.3 is 10.1 Å². The van der Waals surface area contributed by atoms with Crippen LogP contribution >= 0.6 is 15.9 Å². The molecule has 1 saturated carbocycles. The van der Waals surface area contributed by atoms with Crippen molar-refractivity contribution in [2.45, 2.75) is 25.7 Å². The van der Waals surface area contributed by atoms with Crippen LogP contribution in [0.25, 0.3) is 0 Å². The number of nitrogens with one attached hydrogen (secondary N) is 1. The SMILES string of the molecule is COC(=O)c1nn(C)cc1NC(=O)[C@@H]1CCCC[C@H]1C(=O)c1ccc(Br)cc1. The first kappa shape index (κ1) is 20.3. The van der Waals surface area contributed by atoms with E-state index in [9.17, 15) is 14.4 Å². The van der Waals surface area contributed by atoms with Crippen LogP contribution in [0.1, 0.15) is 46.5 Å². The van der Waals surface area contributed by atoms with E-state index in [0.29, 0.717) is 24.1 Å². The summed E-state index contributed by atoms with van der Waals surface area (Å²) in [7, 11) is 2.92. The number of rotatable bonds is 5. The van der Waals surface area contributed by atoms with Gasteiger partial charge >= 0.3 is 5.97 Å². The van der Waals surface area contributed by atoms with E-state index in [-0.39, 0.29) is 23.3 Å². The minimum absolute atomic E-state index is 0.0215. The Kier molecular flexibility index (Phi) is 6.28. The number of hydrogen-bond acceptors (Lipinski definition) is 5. The Morgan fingerprint density at radius 1 is 1.14 bits per heavy atom. The molecule has 1 N–H and O–H groups in total. The van der Waals surface area contributed by atoms with Crippen molar-refractivity contribution in [1.82, 2.24) is 9.78 Å². The number of carbonyl (C=O) groups is 3. The summed E-state index contributed by atoms with van der Waals surface area (Å²) in [6.07, 6.45) is 4.66. The highest BCUT2D eigenvalue weighted by Crippen LogP contribution is 2.34. The molecule has 1 aromatic carbocycles. The lowest BCUT2D eigenvalue weighted by atomic mass is 9.75. The number of halogens is 1. The first-order chi connectivity index (χ1) is 13.4. The summed E-state index contributed by atoms with van der Waals surface area (Å²) >= 11 is 3.37. The average Bonchev–Trinajstić information content (AvgIpc) is 3.07. The summed E-state index contributed by atoms with van der Waals surface area (Å²) < 4.78 is 7.05. The van der Waals surface area contributed by atoms with Crippen LogP contribution in [0.2, 0.25) is 0 Å². The van der Waals surface area contributed by atoms with E-state index in [1.165, 1.54) is 11.8 Å². The normalized spacial score (nSPS) is 19.1. The van der Waals surface area contributed by atoms with Gasteiger partial charge in [-0.2, -0.15) is 5.10 Å². The summed E-state index contributed by atoms with van der Waals surface area (Å²) in [6, 6.07) is 7.19. The molecule has 0 radical (unpaired) electrons. The number of benzene rings is 1. The number of nitrogens with zero attached hydrogens (tertiary/aromatic N) is 2. The number of ether oxygens (including phenoxy) is 1. The number of ketones is 1. The number of anilines is 1. The third-order valence-electron chi connectivity index (χ3n) is 5.03. The molecule has 7 nitrogen and oxygen atoms in total. The number of aryl methyl sites for hydroxylation is 1. The number of hydrogen-bond donors (Lipinski definition) is 1. The highest BCUT2D eigenvalue weighted by Gasteiger charge is 2.36. The van der Waals surface area contributed by atoms with Crippen molar-refractivity contribution < 1.29 is 19.1 Å². The fourth-order valence-electron chi connectivity index (χ4n) is 3.64. The molecular formula is C20H22BrN3O4. The monoisotopic (exact) mass is 447 g/mol. The zero-order chi connectivity index (χ0) is 20.3. The molecule has 0 bridgehead atoms. The quantitative estimate of drug-likeness (QED) is 0.558. The van der Waals surface area contributed by atoms with Gasteiger partial charge in [0, 0.05) is 35.1 Å². The molecule has 0 unspecified atom stereocenters. The van der Waals surface area contributed by atoms with Crippen LogP contribution in [0.3, 0.4) is 0 Å². The lowest BCUT2D eigenvalue weighted by Crippen LogP contribution is -2.36. The average molecular weight is 448 g/mol. The second-order valence-electron chi connectivity index (χ2n) is 6.91. The van der Waals surface area contributed by atoms with Crippen LogP contribution in [-0.4, -0.2) is 34.6 Å². The Morgan fingerprint density at radius 3 is 2.43 bits per heavy atom. The molecule has 1 fully saturated rings. The van der Waals surface area contributed by atoms with E-state index < -0.39 is 11.9 Å². The highest BCUT2D eigenvalue weighted by molar-refractivity contribution is 9.10. The number of esters is 1. The summed E-state index contributed by atoms with van der Waals surface area (Å²) in [6.45, 7) is 0. The third-order valence-corrected chi connectivity index (χ3v) is 5.56. The highest BCUT2D eigenvalue weighted by atomic mass is 79.9. The van der Waals surface area contributed by atoms with Gasteiger partial charge in [-0.15, -0.1) is 0 Å². The first-order valence-electron chi connectivity index (χ1n) is 9.13. The molecule has 0 aliphatic heterocycles. The standard InChI is InChI=1S/C20H22BrN3O4/c1-24-11-16(17(23-24)20(27)28-2)22-19(26)15-6-4-3-5-14(15)18(25)12-7-9-13(21)10-8-12/h7-11,14-15H,3-6H2,1-2H3,(H,22,26)/t14-,15-/m1/s1. The molecule has 0 spiro atoms. The van der Waals surface area contributed by atoms with Gasteiger partial charge in [0.2, 0.25) is 5.91 Å². The topological polar surface area (TPSA) is 90.3 Å². The van der Waals surface area contributed by atoms with Crippen LogP contribution in [0.5, 0.6) is 0 Å². The van der Waals surface area contributed by atoms with Gasteiger partial charge in [-0.05, 0) is 25.0 Å². The van der Waals surface area contributed by atoms with Crippen LogP contribution in [0.4, 0.5) is 5.69 Å². The minimum Gasteiger partial charge on any atom is -0.464 e. The molecule has 28 heavy (non-hydrogen) atoms. The Hall–Kier alpha value is -2.48. The summed E-state index contributed by atoms with van der Waals surface area (Å²) in [4.78, 5) is 37.9. The van der Waals surface area contributed by atoms with Gasteiger partial charge in [0.1, 0.15) is 0 Å². The predicted octanol–water partition coefficient (Wildman–Crippen LogP) is 3.60. The molecule has 148 valence electrons. The van der Waals surface area contributed by atoms with E-state index in [4.69, 9.17) is 4.74 Å².